The summed E-state index contributed by atoms with van der Waals surface area (Å²) in [6.07, 6.45) is -1.12. The molecule has 0 saturated carbocycles. The van der Waals surface area contributed by atoms with Crippen LogP contribution in [0.5, 0.6) is 5.75 Å². The van der Waals surface area contributed by atoms with E-state index in [4.69, 9.17) is 26.2 Å². The summed E-state index contributed by atoms with van der Waals surface area (Å²) >= 11 is 5.82. The van der Waals surface area contributed by atoms with Crippen LogP contribution < -0.4 is 15.2 Å². The third-order valence-electron chi connectivity index (χ3n) is 3.78. The zero-order valence-corrected chi connectivity index (χ0v) is 17.6. The molecule has 0 radical (unpaired) electrons. The second-order valence-corrected chi connectivity index (χ2v) is 8.67. The van der Waals surface area contributed by atoms with Crippen LogP contribution in [-0.2, 0) is 24.3 Å². The number of primary sulfonamides is 1. The maximum Gasteiger partial charge on any atom is 0.350 e. The SMILES string of the molecule is C[C@@H](OC(=O)C(C)(C)Oc1ccc(Cl)cc1)C(=O)Nc1ccc(S(N)(=O)=O)cc1. The Morgan fingerprint density at radius 3 is 2.14 bits per heavy atom. The van der Waals surface area contributed by atoms with E-state index in [1.54, 1.807) is 24.3 Å². The molecule has 0 aliphatic rings. The molecule has 0 aliphatic heterocycles. The summed E-state index contributed by atoms with van der Waals surface area (Å²) in [5.41, 5.74) is -1.03. The number of carbonyl (C=O) groups excluding carboxylic acids is 2. The smallest absolute Gasteiger partial charge is 0.350 e. The maximum atomic E-state index is 12.4. The molecule has 0 aromatic heterocycles. The molecule has 2 rings (SSSR count). The Bertz CT molecular complexity index is 988. The van der Waals surface area contributed by atoms with Crippen LogP contribution in [0, 0.1) is 0 Å². The van der Waals surface area contributed by atoms with Gasteiger partial charge >= 0.3 is 5.97 Å². The fraction of sp³-hybridized carbons (Fsp3) is 0.263. The normalized spacial score (nSPS) is 12.7. The van der Waals surface area contributed by atoms with Crippen molar-refractivity contribution in [2.45, 2.75) is 37.4 Å². The summed E-state index contributed by atoms with van der Waals surface area (Å²) in [6.45, 7) is 4.44. The number of anilines is 1. The van der Waals surface area contributed by atoms with Crippen molar-refractivity contribution in [1.29, 1.82) is 0 Å². The first kappa shape index (κ1) is 22.7. The number of nitrogens with one attached hydrogen (secondary N) is 1. The van der Waals surface area contributed by atoms with Crippen molar-refractivity contribution in [3.05, 3.63) is 53.6 Å². The molecule has 0 bridgehead atoms. The highest BCUT2D eigenvalue weighted by molar-refractivity contribution is 7.89. The zero-order chi connectivity index (χ0) is 21.8. The lowest BCUT2D eigenvalue weighted by atomic mass is 10.1. The molecule has 0 heterocycles. The summed E-state index contributed by atoms with van der Waals surface area (Å²) in [4.78, 5) is 24.6. The molecule has 29 heavy (non-hydrogen) atoms. The van der Waals surface area contributed by atoms with Crippen molar-refractivity contribution < 1.29 is 27.5 Å². The predicted molar refractivity (Wildman–Crippen MR) is 108 cm³/mol. The molecule has 3 N–H and O–H groups in total. The maximum absolute atomic E-state index is 12.4. The molecule has 0 spiro atoms. The van der Waals surface area contributed by atoms with Gasteiger partial charge in [-0.05, 0) is 69.3 Å². The van der Waals surface area contributed by atoms with E-state index in [1.165, 1.54) is 45.0 Å². The van der Waals surface area contributed by atoms with Crippen molar-refractivity contribution in [1.82, 2.24) is 0 Å². The van der Waals surface area contributed by atoms with Gasteiger partial charge in [0.1, 0.15) is 5.75 Å². The number of esters is 1. The van der Waals surface area contributed by atoms with E-state index >= 15 is 0 Å². The lowest BCUT2D eigenvalue weighted by Crippen LogP contribution is -2.43. The lowest BCUT2D eigenvalue weighted by molar-refractivity contribution is -0.166. The van der Waals surface area contributed by atoms with Gasteiger partial charge in [-0.25, -0.2) is 18.4 Å². The third kappa shape index (κ3) is 6.45. The quantitative estimate of drug-likeness (QED) is 0.637. The average Bonchev–Trinajstić information content (AvgIpc) is 2.63. The second kappa shape index (κ2) is 8.81. The largest absolute Gasteiger partial charge is 0.476 e. The summed E-state index contributed by atoms with van der Waals surface area (Å²) < 4.78 is 33.3. The first-order valence-electron chi connectivity index (χ1n) is 8.48. The minimum absolute atomic E-state index is 0.0870. The Labute approximate surface area is 174 Å². The molecule has 1 amide bonds. The fourth-order valence-electron chi connectivity index (χ4n) is 2.17. The molecule has 1 atom stereocenters. The van der Waals surface area contributed by atoms with Gasteiger partial charge in [-0.2, -0.15) is 0 Å². The van der Waals surface area contributed by atoms with Crippen molar-refractivity contribution in [3.8, 4) is 5.75 Å². The number of benzene rings is 2. The topological polar surface area (TPSA) is 125 Å². The molecule has 156 valence electrons. The Hall–Kier alpha value is -2.62. The Kier molecular flexibility index (Phi) is 6.89. The van der Waals surface area contributed by atoms with E-state index in [2.05, 4.69) is 5.32 Å². The minimum atomic E-state index is -3.83. The molecule has 2 aromatic rings. The number of nitrogens with two attached hydrogens (primary N) is 1. The zero-order valence-electron chi connectivity index (χ0n) is 16.0. The van der Waals surface area contributed by atoms with Crippen molar-refractivity contribution in [3.63, 3.8) is 0 Å². The molecule has 0 unspecified atom stereocenters. The number of hydrogen-bond donors (Lipinski definition) is 2. The van der Waals surface area contributed by atoms with Crippen LogP contribution in [0.3, 0.4) is 0 Å². The summed E-state index contributed by atoms with van der Waals surface area (Å²) in [5.74, 6) is -0.910. The summed E-state index contributed by atoms with van der Waals surface area (Å²) in [7, 11) is -3.83. The van der Waals surface area contributed by atoms with Crippen molar-refractivity contribution in [2.24, 2.45) is 5.14 Å². The molecule has 0 aliphatic carbocycles. The Morgan fingerprint density at radius 1 is 1.07 bits per heavy atom. The standard InChI is InChI=1S/C19H21ClN2O6S/c1-12(17(23)22-14-6-10-16(11-7-14)29(21,25)26)27-18(24)19(2,3)28-15-8-4-13(20)5-9-15/h4-12H,1-3H3,(H,22,23)(H2,21,25,26)/t12-/m1/s1. The van der Waals surface area contributed by atoms with Gasteiger partial charge in [0.15, 0.2) is 11.7 Å². The van der Waals surface area contributed by atoms with Crippen molar-refractivity contribution >= 4 is 39.2 Å². The van der Waals surface area contributed by atoms with Crippen LogP contribution in [0.4, 0.5) is 5.69 Å². The minimum Gasteiger partial charge on any atom is -0.476 e. The first-order chi connectivity index (χ1) is 13.4. The second-order valence-electron chi connectivity index (χ2n) is 6.67. The van der Waals surface area contributed by atoms with Crippen LogP contribution in [0.15, 0.2) is 53.4 Å². The van der Waals surface area contributed by atoms with Gasteiger partial charge < -0.3 is 14.8 Å². The molecule has 0 fully saturated rings. The van der Waals surface area contributed by atoms with Crippen LogP contribution >= 0.6 is 11.6 Å². The molecule has 10 heteroatoms. The van der Waals surface area contributed by atoms with Crippen LogP contribution in [0.2, 0.25) is 5.02 Å². The summed E-state index contributed by atoms with van der Waals surface area (Å²) in [5, 5.41) is 8.08. The summed E-state index contributed by atoms with van der Waals surface area (Å²) in [6, 6.07) is 11.7. The fourth-order valence-corrected chi connectivity index (χ4v) is 2.81. The van der Waals surface area contributed by atoms with Gasteiger partial charge in [0.05, 0.1) is 4.90 Å². The monoisotopic (exact) mass is 440 g/mol. The van der Waals surface area contributed by atoms with Crippen LogP contribution in [0.1, 0.15) is 20.8 Å². The van der Waals surface area contributed by atoms with E-state index in [0.717, 1.165) is 0 Å². The average molecular weight is 441 g/mol. The number of amides is 1. The van der Waals surface area contributed by atoms with Crippen LogP contribution in [-0.4, -0.2) is 32.0 Å². The third-order valence-corrected chi connectivity index (χ3v) is 4.96. The van der Waals surface area contributed by atoms with Crippen LogP contribution in [0.25, 0.3) is 0 Å². The van der Waals surface area contributed by atoms with E-state index in [9.17, 15) is 18.0 Å². The van der Waals surface area contributed by atoms with Crippen molar-refractivity contribution in [2.75, 3.05) is 5.32 Å². The van der Waals surface area contributed by atoms with Gasteiger partial charge in [0, 0.05) is 10.7 Å². The number of sulfonamides is 1. The van der Waals surface area contributed by atoms with Gasteiger partial charge in [-0.3, -0.25) is 4.79 Å². The van der Waals surface area contributed by atoms with E-state index < -0.39 is 33.6 Å². The number of rotatable bonds is 7. The molecular formula is C19H21ClN2O6S. The highest BCUT2D eigenvalue weighted by Crippen LogP contribution is 2.22. The highest BCUT2D eigenvalue weighted by Gasteiger charge is 2.34. The molecule has 0 saturated heterocycles. The van der Waals surface area contributed by atoms with Gasteiger partial charge in [-0.15, -0.1) is 0 Å². The van der Waals surface area contributed by atoms with E-state index in [0.29, 0.717) is 16.5 Å². The molecule has 2 aromatic carbocycles. The number of carbonyl (C=O) groups is 2. The van der Waals surface area contributed by atoms with Gasteiger partial charge in [0.2, 0.25) is 10.0 Å². The lowest BCUT2D eigenvalue weighted by Gasteiger charge is -2.26. The van der Waals surface area contributed by atoms with Gasteiger partial charge in [-0.1, -0.05) is 11.6 Å². The molecule has 8 nitrogen and oxygen atoms in total. The first-order valence-corrected chi connectivity index (χ1v) is 10.4. The molecular weight excluding hydrogens is 420 g/mol. The Balaban J connectivity index is 1.97. The number of halogens is 1. The highest BCUT2D eigenvalue weighted by atomic mass is 35.5. The Morgan fingerprint density at radius 2 is 1.62 bits per heavy atom. The number of ether oxygens (including phenoxy) is 2. The van der Waals surface area contributed by atoms with Gasteiger partial charge in [0.25, 0.3) is 5.91 Å². The predicted octanol–water partition coefficient (Wildman–Crippen LogP) is 2.72. The van der Waals surface area contributed by atoms with E-state index in [1.807, 2.05) is 0 Å². The van der Waals surface area contributed by atoms with E-state index in [-0.39, 0.29) is 4.90 Å². The number of hydrogen-bond acceptors (Lipinski definition) is 6.